The van der Waals surface area contributed by atoms with Gasteiger partial charge in [0.15, 0.2) is 0 Å². The summed E-state index contributed by atoms with van der Waals surface area (Å²) in [6.07, 6.45) is 3.62. The smallest absolute Gasteiger partial charge is 0.146 e. The molecule has 0 unspecified atom stereocenters. The molecule has 1 N–H and O–H groups in total. The highest BCUT2D eigenvalue weighted by molar-refractivity contribution is 6.32. The quantitative estimate of drug-likeness (QED) is 0.815. The van der Waals surface area contributed by atoms with Crippen molar-refractivity contribution in [2.45, 2.75) is 38.8 Å². The Hall–Kier alpha value is -1.51. The number of benzene rings is 2. The molecule has 1 aliphatic rings. The summed E-state index contributed by atoms with van der Waals surface area (Å²) in [7, 11) is 0. The van der Waals surface area contributed by atoms with Crippen molar-refractivity contribution in [3.8, 4) is 11.5 Å². The van der Waals surface area contributed by atoms with Gasteiger partial charge in [-0.15, -0.1) is 0 Å². The molecular formula is C18H20ClNO. The van der Waals surface area contributed by atoms with Crippen LogP contribution in [-0.2, 0) is 13.0 Å². The van der Waals surface area contributed by atoms with Crippen LogP contribution in [0.1, 0.15) is 30.9 Å². The second-order valence-electron chi connectivity index (χ2n) is 5.52. The van der Waals surface area contributed by atoms with E-state index in [1.54, 1.807) is 0 Å². The van der Waals surface area contributed by atoms with Crippen LogP contribution in [0.15, 0.2) is 42.5 Å². The Morgan fingerprint density at radius 2 is 1.81 bits per heavy atom. The van der Waals surface area contributed by atoms with E-state index in [0.717, 1.165) is 18.7 Å². The lowest BCUT2D eigenvalue weighted by atomic mass is 10.2. The summed E-state index contributed by atoms with van der Waals surface area (Å²) in [6, 6.07) is 14.8. The third-order valence-electron chi connectivity index (χ3n) is 3.73. The lowest BCUT2D eigenvalue weighted by Gasteiger charge is -2.10. The summed E-state index contributed by atoms with van der Waals surface area (Å²) in [5.74, 6) is 1.52. The van der Waals surface area contributed by atoms with Crippen molar-refractivity contribution in [1.82, 2.24) is 5.32 Å². The Bertz CT molecular complexity index is 605. The Morgan fingerprint density at radius 3 is 2.43 bits per heavy atom. The first-order valence-corrected chi connectivity index (χ1v) is 7.91. The maximum atomic E-state index is 6.32. The van der Waals surface area contributed by atoms with Gasteiger partial charge in [-0.2, -0.15) is 0 Å². The molecule has 2 nitrogen and oxygen atoms in total. The fourth-order valence-electron chi connectivity index (χ4n) is 2.21. The average molecular weight is 302 g/mol. The van der Waals surface area contributed by atoms with E-state index >= 15 is 0 Å². The highest BCUT2D eigenvalue weighted by atomic mass is 35.5. The fraction of sp³-hybridized carbons (Fsp3) is 0.333. The van der Waals surface area contributed by atoms with Crippen molar-refractivity contribution in [3.05, 3.63) is 58.6 Å². The molecule has 2 aromatic carbocycles. The van der Waals surface area contributed by atoms with Crippen LogP contribution >= 0.6 is 11.6 Å². The summed E-state index contributed by atoms with van der Waals surface area (Å²) in [4.78, 5) is 0. The minimum Gasteiger partial charge on any atom is -0.456 e. The van der Waals surface area contributed by atoms with Gasteiger partial charge >= 0.3 is 0 Å². The normalized spacial score (nSPS) is 14.2. The summed E-state index contributed by atoms with van der Waals surface area (Å²) < 4.78 is 5.85. The van der Waals surface area contributed by atoms with Crippen LogP contribution < -0.4 is 10.1 Å². The Morgan fingerprint density at radius 1 is 1.10 bits per heavy atom. The van der Waals surface area contributed by atoms with Crippen LogP contribution in [0, 0.1) is 0 Å². The third-order valence-corrected chi connectivity index (χ3v) is 4.02. The van der Waals surface area contributed by atoms with Crippen LogP contribution in [0.5, 0.6) is 11.5 Å². The molecule has 0 aliphatic heterocycles. The number of rotatable bonds is 6. The van der Waals surface area contributed by atoms with Crippen LogP contribution in [0.4, 0.5) is 0 Å². The molecule has 3 rings (SSSR count). The molecule has 2 aromatic rings. The first kappa shape index (κ1) is 14.4. The summed E-state index contributed by atoms with van der Waals surface area (Å²) >= 11 is 6.32. The number of halogens is 1. The average Bonchev–Trinajstić information content (AvgIpc) is 3.33. The topological polar surface area (TPSA) is 21.3 Å². The fourth-order valence-corrected chi connectivity index (χ4v) is 2.45. The largest absolute Gasteiger partial charge is 0.456 e. The number of aryl methyl sites for hydroxylation is 1. The molecule has 0 heterocycles. The van der Waals surface area contributed by atoms with Gasteiger partial charge in [0.2, 0.25) is 0 Å². The first-order chi connectivity index (χ1) is 10.2. The van der Waals surface area contributed by atoms with E-state index in [2.05, 4.69) is 30.4 Å². The molecule has 0 aromatic heterocycles. The zero-order valence-electron chi connectivity index (χ0n) is 12.2. The zero-order chi connectivity index (χ0) is 14.7. The minimum atomic E-state index is 0.657. The van der Waals surface area contributed by atoms with E-state index in [0.29, 0.717) is 16.8 Å². The van der Waals surface area contributed by atoms with Crippen molar-refractivity contribution >= 4 is 11.6 Å². The predicted octanol–water partition coefficient (Wildman–Crippen LogP) is 4.95. The van der Waals surface area contributed by atoms with Crippen molar-refractivity contribution < 1.29 is 4.74 Å². The lowest BCUT2D eigenvalue weighted by molar-refractivity contribution is 0.482. The van der Waals surface area contributed by atoms with E-state index in [1.165, 1.54) is 24.0 Å². The van der Waals surface area contributed by atoms with E-state index in [-0.39, 0.29) is 0 Å². The van der Waals surface area contributed by atoms with E-state index in [1.807, 2.05) is 24.3 Å². The van der Waals surface area contributed by atoms with Gasteiger partial charge < -0.3 is 10.1 Å². The second-order valence-corrected chi connectivity index (χ2v) is 5.93. The van der Waals surface area contributed by atoms with E-state index in [4.69, 9.17) is 16.3 Å². The molecule has 0 radical (unpaired) electrons. The molecule has 1 fully saturated rings. The summed E-state index contributed by atoms with van der Waals surface area (Å²) in [5.41, 5.74) is 2.50. The van der Waals surface area contributed by atoms with E-state index < -0.39 is 0 Å². The monoisotopic (exact) mass is 301 g/mol. The van der Waals surface area contributed by atoms with Gasteiger partial charge in [0, 0.05) is 12.6 Å². The molecule has 21 heavy (non-hydrogen) atoms. The Labute approximate surface area is 131 Å². The third kappa shape index (κ3) is 3.99. The zero-order valence-corrected chi connectivity index (χ0v) is 13.0. The maximum Gasteiger partial charge on any atom is 0.146 e. The lowest BCUT2D eigenvalue weighted by Crippen LogP contribution is -2.15. The van der Waals surface area contributed by atoms with Crippen LogP contribution in [0.25, 0.3) is 0 Å². The Kier molecular flexibility index (Phi) is 4.47. The highest BCUT2D eigenvalue weighted by Gasteiger charge is 2.20. The molecule has 0 spiro atoms. The summed E-state index contributed by atoms with van der Waals surface area (Å²) in [6.45, 7) is 3.01. The summed E-state index contributed by atoms with van der Waals surface area (Å²) in [5, 5.41) is 4.14. The van der Waals surface area contributed by atoms with Gasteiger partial charge in [0.1, 0.15) is 11.5 Å². The van der Waals surface area contributed by atoms with Crippen LogP contribution in [0.2, 0.25) is 5.02 Å². The van der Waals surface area contributed by atoms with Gasteiger partial charge in [0.25, 0.3) is 0 Å². The van der Waals surface area contributed by atoms with Crippen LogP contribution in [-0.4, -0.2) is 6.04 Å². The molecule has 0 bridgehead atoms. The first-order valence-electron chi connectivity index (χ1n) is 7.53. The van der Waals surface area contributed by atoms with E-state index in [9.17, 15) is 0 Å². The minimum absolute atomic E-state index is 0.657. The molecule has 0 saturated heterocycles. The molecule has 0 amide bonds. The molecule has 0 atom stereocenters. The number of ether oxygens (including phenoxy) is 1. The second kappa shape index (κ2) is 6.50. The number of hydrogen-bond acceptors (Lipinski definition) is 2. The molecule has 1 aliphatic carbocycles. The standard InChI is InChI=1S/C18H20ClNO/c1-2-13-3-8-16(9-4-13)21-18-10-5-14(11-17(18)19)12-20-15-6-7-15/h3-5,8-11,15,20H,2,6-7,12H2,1H3. The molecule has 3 heteroatoms. The van der Waals surface area contributed by atoms with Crippen molar-refractivity contribution in [3.63, 3.8) is 0 Å². The maximum absolute atomic E-state index is 6.32. The molecule has 110 valence electrons. The SMILES string of the molecule is CCc1ccc(Oc2ccc(CNC3CC3)cc2Cl)cc1. The Balaban J connectivity index is 1.66. The van der Waals surface area contributed by atoms with Gasteiger partial charge in [0.05, 0.1) is 5.02 Å². The van der Waals surface area contributed by atoms with Crippen molar-refractivity contribution in [2.24, 2.45) is 0 Å². The van der Waals surface area contributed by atoms with Crippen molar-refractivity contribution in [1.29, 1.82) is 0 Å². The van der Waals surface area contributed by atoms with Crippen LogP contribution in [0.3, 0.4) is 0 Å². The molecular weight excluding hydrogens is 282 g/mol. The highest BCUT2D eigenvalue weighted by Crippen LogP contribution is 2.30. The number of nitrogens with one attached hydrogen (secondary N) is 1. The van der Waals surface area contributed by atoms with Crippen molar-refractivity contribution in [2.75, 3.05) is 0 Å². The molecule has 1 saturated carbocycles. The van der Waals surface area contributed by atoms with Gasteiger partial charge in [-0.25, -0.2) is 0 Å². The van der Waals surface area contributed by atoms with Gasteiger partial charge in [-0.3, -0.25) is 0 Å². The van der Waals surface area contributed by atoms with Gasteiger partial charge in [-0.1, -0.05) is 36.7 Å². The van der Waals surface area contributed by atoms with Gasteiger partial charge in [-0.05, 0) is 54.7 Å². The number of hydrogen-bond donors (Lipinski definition) is 1. The predicted molar refractivity (Wildman–Crippen MR) is 87.2 cm³/mol.